The molecule has 7 nitrogen and oxygen atoms in total. The molecule has 4 fully saturated rings. The number of ether oxygens (including phenoxy) is 2. The van der Waals surface area contributed by atoms with Crippen LogP contribution in [-0.4, -0.2) is 52.9 Å². The van der Waals surface area contributed by atoms with Crippen LogP contribution in [0.25, 0.3) is 0 Å². The number of hydrogen-bond acceptors (Lipinski definition) is 5. The van der Waals surface area contributed by atoms with Gasteiger partial charge >= 0.3 is 0 Å². The summed E-state index contributed by atoms with van der Waals surface area (Å²) >= 11 is 0. The second-order valence-electron chi connectivity index (χ2n) is 8.74. The van der Waals surface area contributed by atoms with E-state index in [2.05, 4.69) is 22.6 Å². The maximum atomic E-state index is 12.7. The van der Waals surface area contributed by atoms with E-state index in [0.717, 1.165) is 32.8 Å². The Labute approximate surface area is 147 Å². The zero-order valence-electron chi connectivity index (χ0n) is 14.7. The van der Waals surface area contributed by atoms with E-state index in [4.69, 9.17) is 9.47 Å². The third-order valence-corrected chi connectivity index (χ3v) is 6.79. The highest BCUT2D eigenvalue weighted by Crippen LogP contribution is 2.60. The molecule has 136 valence electrons. The van der Waals surface area contributed by atoms with Gasteiger partial charge in [0, 0.05) is 29.4 Å². The molecule has 0 bridgehead atoms. The molecule has 5 rings (SSSR count). The SMILES string of the molecule is CC1(Cn2cc(C(=O)NC3C4CCOC4C34CCCC4)nn2)COC1. The Morgan fingerprint density at radius 3 is 2.92 bits per heavy atom. The molecule has 7 heteroatoms. The molecule has 2 saturated carbocycles. The zero-order chi connectivity index (χ0) is 17.1. The van der Waals surface area contributed by atoms with Crippen LogP contribution in [0.5, 0.6) is 0 Å². The average molecular weight is 346 g/mol. The fourth-order valence-electron chi connectivity index (χ4n) is 5.53. The Morgan fingerprint density at radius 1 is 1.40 bits per heavy atom. The minimum atomic E-state index is -0.0945. The Balaban J connectivity index is 1.28. The van der Waals surface area contributed by atoms with Crippen molar-refractivity contribution in [2.75, 3.05) is 19.8 Å². The lowest BCUT2D eigenvalue weighted by atomic mass is 9.54. The number of fused-ring (bicyclic) bond motifs is 2. The molecule has 3 unspecified atom stereocenters. The minimum Gasteiger partial charge on any atom is -0.380 e. The van der Waals surface area contributed by atoms with Gasteiger partial charge in [-0.3, -0.25) is 9.48 Å². The number of aromatic nitrogens is 3. The standard InChI is InChI=1S/C18H26N4O3/c1-17(10-24-11-17)9-22-8-13(20-21-22)16(23)19-14-12-4-7-25-15(12)18(14)5-2-3-6-18/h8,12,14-15H,2-7,9-11H2,1H3,(H,19,23). The van der Waals surface area contributed by atoms with E-state index >= 15 is 0 Å². The molecular weight excluding hydrogens is 320 g/mol. The van der Waals surface area contributed by atoms with Crippen LogP contribution in [0.3, 0.4) is 0 Å². The van der Waals surface area contributed by atoms with Crippen LogP contribution in [-0.2, 0) is 16.0 Å². The van der Waals surface area contributed by atoms with Crippen molar-refractivity contribution >= 4 is 5.91 Å². The first-order valence-electron chi connectivity index (χ1n) is 9.50. The van der Waals surface area contributed by atoms with Crippen molar-refractivity contribution in [1.29, 1.82) is 0 Å². The van der Waals surface area contributed by atoms with Gasteiger partial charge in [-0.1, -0.05) is 25.0 Å². The summed E-state index contributed by atoms with van der Waals surface area (Å²) in [5.74, 6) is 0.381. The first kappa shape index (κ1) is 15.8. The molecule has 0 aromatic carbocycles. The van der Waals surface area contributed by atoms with Gasteiger partial charge in [0.25, 0.3) is 5.91 Å². The maximum absolute atomic E-state index is 12.7. The van der Waals surface area contributed by atoms with Crippen LogP contribution in [0.2, 0.25) is 0 Å². The fourth-order valence-corrected chi connectivity index (χ4v) is 5.53. The Bertz CT molecular complexity index is 678. The Morgan fingerprint density at radius 2 is 2.20 bits per heavy atom. The molecule has 3 heterocycles. The molecular formula is C18H26N4O3. The van der Waals surface area contributed by atoms with Gasteiger partial charge in [-0.2, -0.15) is 0 Å². The normalized spacial score (nSPS) is 34.4. The summed E-state index contributed by atoms with van der Waals surface area (Å²) in [6.07, 6.45) is 8.01. The molecule has 3 atom stereocenters. The highest BCUT2D eigenvalue weighted by atomic mass is 16.5. The topological polar surface area (TPSA) is 78.3 Å². The molecule has 1 spiro atoms. The van der Waals surface area contributed by atoms with Crippen LogP contribution in [0.15, 0.2) is 6.20 Å². The van der Waals surface area contributed by atoms with E-state index in [9.17, 15) is 4.79 Å². The van der Waals surface area contributed by atoms with Gasteiger partial charge in [0.2, 0.25) is 0 Å². The van der Waals surface area contributed by atoms with Gasteiger partial charge in [-0.25, -0.2) is 0 Å². The Kier molecular flexibility index (Phi) is 3.47. The van der Waals surface area contributed by atoms with Crippen LogP contribution >= 0.6 is 0 Å². The van der Waals surface area contributed by atoms with E-state index in [1.807, 2.05) is 0 Å². The lowest BCUT2D eigenvalue weighted by Crippen LogP contribution is -2.68. The van der Waals surface area contributed by atoms with E-state index in [0.29, 0.717) is 17.7 Å². The lowest BCUT2D eigenvalue weighted by Gasteiger charge is -2.56. The molecule has 1 amide bonds. The zero-order valence-corrected chi connectivity index (χ0v) is 14.7. The van der Waals surface area contributed by atoms with Crippen molar-refractivity contribution in [3.05, 3.63) is 11.9 Å². The summed E-state index contributed by atoms with van der Waals surface area (Å²) in [4.78, 5) is 12.7. The molecule has 2 saturated heterocycles. The summed E-state index contributed by atoms with van der Waals surface area (Å²) in [7, 11) is 0. The number of rotatable bonds is 4. The summed E-state index contributed by atoms with van der Waals surface area (Å²) in [5, 5.41) is 11.5. The van der Waals surface area contributed by atoms with Gasteiger partial charge < -0.3 is 14.8 Å². The van der Waals surface area contributed by atoms with E-state index in [-0.39, 0.29) is 22.8 Å². The summed E-state index contributed by atoms with van der Waals surface area (Å²) in [5.41, 5.74) is 0.695. The minimum absolute atomic E-state index is 0.0945. The van der Waals surface area contributed by atoms with E-state index in [1.165, 1.54) is 25.7 Å². The fraction of sp³-hybridized carbons (Fsp3) is 0.833. The molecule has 4 aliphatic rings. The highest BCUT2D eigenvalue weighted by molar-refractivity contribution is 5.92. The average Bonchev–Trinajstić information content (AvgIpc) is 3.29. The van der Waals surface area contributed by atoms with Crippen LogP contribution < -0.4 is 5.32 Å². The van der Waals surface area contributed by atoms with E-state index < -0.39 is 0 Å². The van der Waals surface area contributed by atoms with Gasteiger partial charge in [0.15, 0.2) is 5.69 Å². The lowest BCUT2D eigenvalue weighted by molar-refractivity contribution is -0.126. The molecule has 2 aliphatic heterocycles. The predicted octanol–water partition coefficient (Wildman–Crippen LogP) is 1.39. The molecule has 0 radical (unpaired) electrons. The predicted molar refractivity (Wildman–Crippen MR) is 89.0 cm³/mol. The maximum Gasteiger partial charge on any atom is 0.273 e. The molecule has 25 heavy (non-hydrogen) atoms. The first-order valence-corrected chi connectivity index (χ1v) is 9.50. The third kappa shape index (κ3) is 2.35. The van der Waals surface area contributed by atoms with Crippen molar-refractivity contribution in [2.45, 2.75) is 57.7 Å². The van der Waals surface area contributed by atoms with Crippen LogP contribution in [0.1, 0.15) is 49.5 Å². The summed E-state index contributed by atoms with van der Waals surface area (Å²) < 4.78 is 13.0. The highest BCUT2D eigenvalue weighted by Gasteiger charge is 2.65. The number of nitrogens with zero attached hydrogens (tertiary/aromatic N) is 3. The van der Waals surface area contributed by atoms with Gasteiger partial charge in [0.1, 0.15) is 0 Å². The number of carbonyl (C=O) groups excluding carboxylic acids is 1. The van der Waals surface area contributed by atoms with Gasteiger partial charge in [-0.15, -0.1) is 5.10 Å². The van der Waals surface area contributed by atoms with Crippen molar-refractivity contribution < 1.29 is 14.3 Å². The monoisotopic (exact) mass is 346 g/mol. The van der Waals surface area contributed by atoms with Crippen LogP contribution in [0.4, 0.5) is 0 Å². The van der Waals surface area contributed by atoms with Crippen LogP contribution in [0, 0.1) is 16.7 Å². The number of hydrogen-bond donors (Lipinski definition) is 1. The number of nitrogens with one attached hydrogen (secondary N) is 1. The number of carbonyl (C=O) groups is 1. The van der Waals surface area contributed by atoms with Gasteiger partial charge in [-0.05, 0) is 19.3 Å². The molecule has 1 aromatic rings. The van der Waals surface area contributed by atoms with Crippen molar-refractivity contribution in [3.8, 4) is 0 Å². The molecule has 1 aromatic heterocycles. The van der Waals surface area contributed by atoms with Crippen molar-refractivity contribution in [3.63, 3.8) is 0 Å². The number of amides is 1. The van der Waals surface area contributed by atoms with E-state index in [1.54, 1.807) is 10.9 Å². The second kappa shape index (κ2) is 5.51. The first-order chi connectivity index (χ1) is 12.1. The molecule has 2 aliphatic carbocycles. The summed E-state index contributed by atoms with van der Waals surface area (Å²) in [6.45, 7) is 5.21. The quantitative estimate of drug-likeness (QED) is 0.891. The second-order valence-corrected chi connectivity index (χ2v) is 8.74. The smallest absolute Gasteiger partial charge is 0.273 e. The molecule has 1 N–H and O–H groups in total. The Hall–Kier alpha value is -1.47. The largest absolute Gasteiger partial charge is 0.380 e. The van der Waals surface area contributed by atoms with Crippen molar-refractivity contribution in [2.24, 2.45) is 16.7 Å². The third-order valence-electron chi connectivity index (χ3n) is 6.79. The van der Waals surface area contributed by atoms with Crippen molar-refractivity contribution in [1.82, 2.24) is 20.3 Å². The summed E-state index contributed by atoms with van der Waals surface area (Å²) in [6, 6.07) is 0.234. The van der Waals surface area contributed by atoms with Gasteiger partial charge in [0.05, 0.1) is 32.1 Å².